The lowest BCUT2D eigenvalue weighted by molar-refractivity contribution is -0.117. The molecule has 1 aliphatic rings. The molecule has 1 fully saturated rings. The number of carbonyl (C=O) groups excluding carboxylic acids is 1. The number of rotatable bonds is 1. The van der Waals surface area contributed by atoms with Gasteiger partial charge in [-0.25, -0.2) is 0 Å². The summed E-state index contributed by atoms with van der Waals surface area (Å²) in [5, 5.41) is 0.338. The van der Waals surface area contributed by atoms with Crippen LogP contribution in [0.1, 0.15) is 41.5 Å². The van der Waals surface area contributed by atoms with E-state index in [0.717, 1.165) is 5.92 Å². The van der Waals surface area contributed by atoms with Gasteiger partial charge in [-0.1, -0.05) is 42.5 Å². The van der Waals surface area contributed by atoms with Crippen molar-refractivity contribution in [1.29, 1.82) is 0 Å². The minimum atomic E-state index is -0.117. The summed E-state index contributed by atoms with van der Waals surface area (Å²) >= 11 is 0. The lowest BCUT2D eigenvalue weighted by Gasteiger charge is -2.32. The topological polar surface area (TPSA) is 17.1 Å². The lowest BCUT2D eigenvalue weighted by Crippen LogP contribution is -2.26. The van der Waals surface area contributed by atoms with Gasteiger partial charge in [-0.3, -0.25) is 4.79 Å². The molecule has 1 nitrogen and oxygen atoms in total. The molecule has 4 atom stereocenters. The van der Waals surface area contributed by atoms with E-state index in [-0.39, 0.29) is 7.92 Å². The maximum atomic E-state index is 11.7. The van der Waals surface area contributed by atoms with Gasteiger partial charge in [0.2, 0.25) is 0 Å². The highest BCUT2D eigenvalue weighted by molar-refractivity contribution is 7.61. The molecule has 1 saturated heterocycles. The van der Waals surface area contributed by atoms with Crippen LogP contribution in [0.2, 0.25) is 0 Å². The third kappa shape index (κ3) is 2.19. The van der Waals surface area contributed by atoms with Crippen molar-refractivity contribution < 1.29 is 4.79 Å². The molecule has 4 unspecified atom stereocenters. The normalized spacial score (nSPS) is 38.7. The zero-order valence-corrected chi connectivity index (χ0v) is 11.2. The Morgan fingerprint density at radius 2 is 1.79 bits per heavy atom. The van der Waals surface area contributed by atoms with Gasteiger partial charge in [-0.15, -0.1) is 0 Å². The van der Waals surface area contributed by atoms with E-state index >= 15 is 0 Å². The van der Waals surface area contributed by atoms with Gasteiger partial charge in [0.1, 0.15) is 5.78 Å². The van der Waals surface area contributed by atoms with E-state index in [0.29, 0.717) is 22.5 Å². The van der Waals surface area contributed by atoms with E-state index in [1.54, 1.807) is 6.92 Å². The van der Waals surface area contributed by atoms with Crippen molar-refractivity contribution in [3.63, 3.8) is 0 Å². The van der Waals surface area contributed by atoms with Crippen LogP contribution in [0.3, 0.4) is 0 Å². The Labute approximate surface area is 89.4 Å². The second kappa shape index (κ2) is 3.93. The molecule has 1 rings (SSSR count). The van der Waals surface area contributed by atoms with Gasteiger partial charge in [0.25, 0.3) is 0 Å². The Kier molecular flexibility index (Phi) is 3.41. The summed E-state index contributed by atoms with van der Waals surface area (Å²) in [5.41, 5.74) is 0.361. The van der Waals surface area contributed by atoms with Crippen LogP contribution in [-0.2, 0) is 4.79 Å². The van der Waals surface area contributed by atoms with Gasteiger partial charge < -0.3 is 0 Å². The first-order chi connectivity index (χ1) is 6.25. The van der Waals surface area contributed by atoms with Gasteiger partial charge in [-0.2, -0.15) is 0 Å². The second-order valence-electron chi connectivity index (χ2n) is 5.72. The van der Waals surface area contributed by atoms with E-state index in [1.807, 2.05) is 0 Å². The molecule has 0 aromatic rings. The average molecular weight is 214 g/mol. The van der Waals surface area contributed by atoms with Crippen LogP contribution in [0.4, 0.5) is 0 Å². The Morgan fingerprint density at radius 3 is 2.07 bits per heavy atom. The number of Topliss-reactive ketones (excluding diaryl/α,β-unsaturated/α-hetero) is 1. The summed E-state index contributed by atoms with van der Waals surface area (Å²) in [6.45, 7) is 13.2. The Hall–Kier alpha value is 0.100. The summed E-state index contributed by atoms with van der Waals surface area (Å²) in [5.74, 6) is 1.75. The van der Waals surface area contributed by atoms with Gasteiger partial charge in [-0.05, 0) is 30.1 Å². The highest BCUT2D eigenvalue weighted by Gasteiger charge is 2.45. The third-order valence-electron chi connectivity index (χ3n) is 3.49. The van der Waals surface area contributed by atoms with Crippen molar-refractivity contribution in [3.8, 4) is 0 Å². The van der Waals surface area contributed by atoms with Gasteiger partial charge in [0.05, 0.1) is 0 Å². The standard InChI is InChI=1S/C12H23OP/c1-8-7-14(12(4,5)6)11(9(8)2)10(3)13/h8-9,11H,7H2,1-6H3. The largest absolute Gasteiger partial charge is 0.299 e. The van der Waals surface area contributed by atoms with E-state index in [9.17, 15) is 4.79 Å². The first kappa shape index (κ1) is 12.2. The second-order valence-corrected chi connectivity index (χ2v) is 8.92. The molecule has 0 saturated carbocycles. The summed E-state index contributed by atoms with van der Waals surface area (Å²) in [6, 6.07) is 0. The van der Waals surface area contributed by atoms with E-state index in [2.05, 4.69) is 34.6 Å². The summed E-state index contributed by atoms with van der Waals surface area (Å²) in [4.78, 5) is 11.7. The number of carbonyl (C=O) groups is 1. The fourth-order valence-corrected chi connectivity index (χ4v) is 6.33. The quantitative estimate of drug-likeness (QED) is 0.610. The Morgan fingerprint density at radius 1 is 1.29 bits per heavy atom. The fourth-order valence-electron chi connectivity index (χ4n) is 2.47. The van der Waals surface area contributed by atoms with Crippen LogP contribution in [0.5, 0.6) is 0 Å². The van der Waals surface area contributed by atoms with Crippen LogP contribution in [0.25, 0.3) is 0 Å². The molecule has 0 amide bonds. The highest BCUT2D eigenvalue weighted by atomic mass is 31.1. The third-order valence-corrected chi connectivity index (χ3v) is 7.69. The first-order valence-corrected chi connectivity index (χ1v) is 7.12. The molecule has 0 N–H and O–H groups in total. The monoisotopic (exact) mass is 214 g/mol. The van der Waals surface area contributed by atoms with Crippen LogP contribution < -0.4 is 0 Å². The molecule has 82 valence electrons. The molecule has 0 aliphatic carbocycles. The van der Waals surface area contributed by atoms with Crippen molar-refractivity contribution in [3.05, 3.63) is 0 Å². The molecular formula is C12H23OP. The Balaban J connectivity index is 2.91. The van der Waals surface area contributed by atoms with Crippen molar-refractivity contribution in [2.24, 2.45) is 11.8 Å². The molecule has 0 aromatic heterocycles. The van der Waals surface area contributed by atoms with Gasteiger partial charge >= 0.3 is 0 Å². The number of hydrogen-bond donors (Lipinski definition) is 0. The molecule has 14 heavy (non-hydrogen) atoms. The van der Waals surface area contributed by atoms with Crippen molar-refractivity contribution >= 4 is 13.7 Å². The SMILES string of the molecule is CC(=O)C1C(C)C(C)CP1C(C)(C)C. The van der Waals surface area contributed by atoms with E-state index in [1.165, 1.54) is 6.16 Å². The first-order valence-electron chi connectivity index (χ1n) is 5.52. The molecule has 2 heteroatoms. The fraction of sp³-hybridized carbons (Fsp3) is 0.917. The van der Waals surface area contributed by atoms with Crippen LogP contribution in [0, 0.1) is 11.8 Å². The molecule has 1 aliphatic heterocycles. The van der Waals surface area contributed by atoms with E-state index < -0.39 is 0 Å². The van der Waals surface area contributed by atoms with Crippen molar-refractivity contribution in [2.45, 2.75) is 52.4 Å². The van der Waals surface area contributed by atoms with Crippen LogP contribution in [0.15, 0.2) is 0 Å². The predicted molar refractivity (Wildman–Crippen MR) is 64.3 cm³/mol. The molecule has 0 bridgehead atoms. The Bertz CT molecular complexity index is 229. The summed E-state index contributed by atoms with van der Waals surface area (Å²) < 4.78 is 0. The average Bonchev–Trinajstić information content (AvgIpc) is 2.27. The van der Waals surface area contributed by atoms with Gasteiger partial charge in [0, 0.05) is 5.66 Å². The zero-order valence-electron chi connectivity index (χ0n) is 10.3. The molecule has 0 aromatic carbocycles. The van der Waals surface area contributed by atoms with E-state index in [4.69, 9.17) is 0 Å². The van der Waals surface area contributed by atoms with Crippen LogP contribution in [-0.4, -0.2) is 22.8 Å². The minimum absolute atomic E-state index is 0.117. The van der Waals surface area contributed by atoms with Crippen LogP contribution >= 0.6 is 7.92 Å². The maximum absolute atomic E-state index is 11.7. The zero-order chi connectivity index (χ0) is 11.1. The molecular weight excluding hydrogens is 191 g/mol. The molecule has 1 heterocycles. The maximum Gasteiger partial charge on any atom is 0.137 e. The predicted octanol–water partition coefficient (Wildman–Crippen LogP) is 3.51. The number of hydrogen-bond acceptors (Lipinski definition) is 1. The summed E-state index contributed by atoms with van der Waals surface area (Å²) in [6.07, 6.45) is 1.28. The summed E-state index contributed by atoms with van der Waals surface area (Å²) in [7, 11) is -0.117. The number of ketones is 1. The molecule has 0 spiro atoms. The van der Waals surface area contributed by atoms with Crippen molar-refractivity contribution in [2.75, 3.05) is 6.16 Å². The van der Waals surface area contributed by atoms with Gasteiger partial charge in [0.15, 0.2) is 0 Å². The highest BCUT2D eigenvalue weighted by Crippen LogP contribution is 2.62. The van der Waals surface area contributed by atoms with Crippen molar-refractivity contribution in [1.82, 2.24) is 0 Å². The smallest absolute Gasteiger partial charge is 0.137 e. The minimum Gasteiger partial charge on any atom is -0.299 e. The molecule has 0 radical (unpaired) electrons. The lowest BCUT2D eigenvalue weighted by atomic mass is 9.93.